The van der Waals surface area contributed by atoms with Crippen LogP contribution in [0.3, 0.4) is 0 Å². The van der Waals surface area contributed by atoms with Gasteiger partial charge in [0.2, 0.25) is 0 Å². The number of amides is 1. The summed E-state index contributed by atoms with van der Waals surface area (Å²) in [5, 5.41) is 15.9. The lowest BCUT2D eigenvalue weighted by Crippen LogP contribution is -2.21. The van der Waals surface area contributed by atoms with Crippen LogP contribution in [-0.2, 0) is 0 Å². The van der Waals surface area contributed by atoms with E-state index in [9.17, 15) is 9.90 Å². The molecule has 2 aromatic carbocycles. The van der Waals surface area contributed by atoms with Crippen molar-refractivity contribution in [1.82, 2.24) is 5.43 Å². The number of fused-ring (bicyclic) bond motifs is 1. The fourth-order valence-electron chi connectivity index (χ4n) is 2.01. The Kier molecular flexibility index (Phi) is 4.58. The first-order valence-corrected chi connectivity index (χ1v) is 7.09. The van der Waals surface area contributed by atoms with Crippen LogP contribution in [0.2, 0.25) is 0 Å². The van der Waals surface area contributed by atoms with Crippen LogP contribution < -0.4 is 5.43 Å². The molecule has 0 aliphatic carbocycles. The minimum Gasteiger partial charge on any atom is -0.507 e. The Labute approximate surface area is 124 Å². The second-order valence-electron chi connectivity index (χ2n) is 5.22. The third-order valence-electron chi connectivity index (χ3n) is 3.77. The standard InChI is InChI=1S/C17H20N2O2/c1-4-11(2)12(3)18-19-17(21)15-9-13-7-5-6-8-14(13)10-16(15)20/h5-11,20H,4H2,1-3H3,(H,19,21). The lowest BCUT2D eigenvalue weighted by molar-refractivity contribution is 0.0952. The Morgan fingerprint density at radius 1 is 1.29 bits per heavy atom. The molecule has 0 bridgehead atoms. The van der Waals surface area contributed by atoms with Gasteiger partial charge in [-0.2, -0.15) is 5.10 Å². The molecule has 0 aromatic heterocycles. The molecule has 0 heterocycles. The van der Waals surface area contributed by atoms with Crippen LogP contribution in [0.5, 0.6) is 5.75 Å². The molecular weight excluding hydrogens is 264 g/mol. The summed E-state index contributed by atoms with van der Waals surface area (Å²) in [4.78, 5) is 12.1. The van der Waals surface area contributed by atoms with Gasteiger partial charge in [-0.3, -0.25) is 4.79 Å². The zero-order chi connectivity index (χ0) is 15.4. The quantitative estimate of drug-likeness (QED) is 0.664. The average molecular weight is 284 g/mol. The van der Waals surface area contributed by atoms with Gasteiger partial charge in [-0.05, 0) is 42.2 Å². The third kappa shape index (κ3) is 3.40. The molecule has 2 N–H and O–H groups in total. The second kappa shape index (κ2) is 6.39. The summed E-state index contributed by atoms with van der Waals surface area (Å²) in [6.07, 6.45) is 0.965. The maximum Gasteiger partial charge on any atom is 0.275 e. The van der Waals surface area contributed by atoms with Gasteiger partial charge in [-0.25, -0.2) is 5.43 Å². The molecule has 0 spiro atoms. The lowest BCUT2D eigenvalue weighted by atomic mass is 10.0. The number of hydrogen-bond acceptors (Lipinski definition) is 3. The summed E-state index contributed by atoms with van der Waals surface area (Å²) in [6.45, 7) is 6.01. The van der Waals surface area contributed by atoms with Gasteiger partial charge in [0.05, 0.1) is 5.56 Å². The van der Waals surface area contributed by atoms with Crippen molar-refractivity contribution in [2.24, 2.45) is 11.0 Å². The summed E-state index contributed by atoms with van der Waals surface area (Å²) in [6, 6.07) is 10.8. The molecule has 1 amide bonds. The minimum atomic E-state index is -0.402. The van der Waals surface area contributed by atoms with Crippen molar-refractivity contribution >= 4 is 22.4 Å². The second-order valence-corrected chi connectivity index (χ2v) is 5.22. The molecular formula is C17H20N2O2. The number of hydrazone groups is 1. The summed E-state index contributed by atoms with van der Waals surface area (Å²) in [5.41, 5.74) is 3.61. The topological polar surface area (TPSA) is 61.7 Å². The number of phenolic OH excluding ortho intramolecular Hbond substituents is 1. The van der Waals surface area contributed by atoms with Crippen LogP contribution in [0, 0.1) is 5.92 Å². The zero-order valence-electron chi connectivity index (χ0n) is 12.6. The van der Waals surface area contributed by atoms with Crippen molar-refractivity contribution in [2.45, 2.75) is 27.2 Å². The molecule has 0 aliphatic heterocycles. The molecule has 4 heteroatoms. The van der Waals surface area contributed by atoms with E-state index in [1.165, 1.54) is 0 Å². The number of nitrogens with one attached hydrogen (secondary N) is 1. The Bertz CT molecular complexity index is 692. The van der Waals surface area contributed by atoms with E-state index in [-0.39, 0.29) is 11.3 Å². The summed E-state index contributed by atoms with van der Waals surface area (Å²) in [5.74, 6) is -0.126. The number of aromatic hydroxyl groups is 1. The largest absolute Gasteiger partial charge is 0.507 e. The molecule has 0 saturated heterocycles. The molecule has 4 nitrogen and oxygen atoms in total. The maximum atomic E-state index is 12.1. The van der Waals surface area contributed by atoms with Crippen LogP contribution in [0.1, 0.15) is 37.6 Å². The fraction of sp³-hybridized carbons (Fsp3) is 0.294. The van der Waals surface area contributed by atoms with E-state index in [1.54, 1.807) is 12.1 Å². The first kappa shape index (κ1) is 15.0. The highest BCUT2D eigenvalue weighted by atomic mass is 16.3. The SMILES string of the molecule is CCC(C)C(C)=NNC(=O)c1cc2ccccc2cc1O. The highest BCUT2D eigenvalue weighted by Gasteiger charge is 2.12. The Balaban J connectivity index is 2.25. The van der Waals surface area contributed by atoms with E-state index in [0.29, 0.717) is 5.92 Å². The normalized spacial score (nSPS) is 13.2. The number of benzene rings is 2. The highest BCUT2D eigenvalue weighted by molar-refractivity contribution is 6.02. The van der Waals surface area contributed by atoms with Crippen molar-refractivity contribution in [2.75, 3.05) is 0 Å². The number of carbonyl (C=O) groups excluding carboxylic acids is 1. The van der Waals surface area contributed by atoms with Gasteiger partial charge in [0.1, 0.15) is 5.75 Å². The van der Waals surface area contributed by atoms with Crippen LogP contribution in [0.15, 0.2) is 41.5 Å². The highest BCUT2D eigenvalue weighted by Crippen LogP contribution is 2.24. The Morgan fingerprint density at radius 3 is 2.52 bits per heavy atom. The number of nitrogens with zero attached hydrogens (tertiary/aromatic N) is 1. The van der Waals surface area contributed by atoms with Gasteiger partial charge in [-0.15, -0.1) is 0 Å². The molecule has 0 fully saturated rings. The predicted molar refractivity (Wildman–Crippen MR) is 85.6 cm³/mol. The first-order valence-electron chi connectivity index (χ1n) is 7.09. The molecule has 0 saturated carbocycles. The zero-order valence-corrected chi connectivity index (χ0v) is 12.6. The maximum absolute atomic E-state index is 12.1. The van der Waals surface area contributed by atoms with Gasteiger partial charge >= 0.3 is 0 Å². The molecule has 1 unspecified atom stereocenters. The van der Waals surface area contributed by atoms with Crippen molar-refractivity contribution in [3.8, 4) is 5.75 Å². The number of carbonyl (C=O) groups is 1. The van der Waals surface area contributed by atoms with E-state index in [1.807, 2.05) is 31.2 Å². The van der Waals surface area contributed by atoms with E-state index >= 15 is 0 Å². The van der Waals surface area contributed by atoms with Crippen molar-refractivity contribution in [1.29, 1.82) is 0 Å². The fourth-order valence-corrected chi connectivity index (χ4v) is 2.01. The predicted octanol–water partition coefficient (Wildman–Crippen LogP) is 3.70. The Hall–Kier alpha value is -2.36. The molecule has 1 atom stereocenters. The molecule has 110 valence electrons. The van der Waals surface area contributed by atoms with Gasteiger partial charge in [-0.1, -0.05) is 38.1 Å². The van der Waals surface area contributed by atoms with Gasteiger partial charge in [0.25, 0.3) is 5.91 Å². The van der Waals surface area contributed by atoms with Crippen molar-refractivity contribution in [3.05, 3.63) is 42.0 Å². The average Bonchev–Trinajstić information content (AvgIpc) is 2.50. The van der Waals surface area contributed by atoms with Crippen molar-refractivity contribution in [3.63, 3.8) is 0 Å². The smallest absolute Gasteiger partial charge is 0.275 e. The van der Waals surface area contributed by atoms with Crippen LogP contribution in [0.25, 0.3) is 10.8 Å². The van der Waals surface area contributed by atoms with Crippen LogP contribution in [-0.4, -0.2) is 16.7 Å². The van der Waals surface area contributed by atoms with Crippen molar-refractivity contribution < 1.29 is 9.90 Å². The van der Waals surface area contributed by atoms with E-state index in [4.69, 9.17) is 0 Å². The molecule has 0 radical (unpaired) electrons. The van der Waals surface area contributed by atoms with E-state index < -0.39 is 5.91 Å². The monoisotopic (exact) mass is 284 g/mol. The van der Waals surface area contributed by atoms with Gasteiger partial charge < -0.3 is 5.11 Å². The number of rotatable bonds is 4. The summed E-state index contributed by atoms with van der Waals surface area (Å²) >= 11 is 0. The molecule has 2 aromatic rings. The Morgan fingerprint density at radius 2 is 1.90 bits per heavy atom. The third-order valence-corrected chi connectivity index (χ3v) is 3.77. The number of hydrogen-bond donors (Lipinski definition) is 2. The van der Waals surface area contributed by atoms with Gasteiger partial charge in [0, 0.05) is 5.71 Å². The first-order chi connectivity index (χ1) is 10.0. The van der Waals surface area contributed by atoms with Crippen LogP contribution >= 0.6 is 0 Å². The summed E-state index contributed by atoms with van der Waals surface area (Å²) < 4.78 is 0. The lowest BCUT2D eigenvalue weighted by Gasteiger charge is -2.09. The number of phenols is 1. The molecule has 21 heavy (non-hydrogen) atoms. The van der Waals surface area contributed by atoms with Crippen LogP contribution in [0.4, 0.5) is 0 Å². The van der Waals surface area contributed by atoms with E-state index in [2.05, 4.69) is 24.4 Å². The van der Waals surface area contributed by atoms with Gasteiger partial charge in [0.15, 0.2) is 0 Å². The minimum absolute atomic E-state index is 0.0393. The molecule has 0 aliphatic rings. The summed E-state index contributed by atoms with van der Waals surface area (Å²) in [7, 11) is 0. The van der Waals surface area contributed by atoms with E-state index in [0.717, 1.165) is 22.9 Å². The molecule has 2 rings (SSSR count).